The topological polar surface area (TPSA) is 92.5 Å². The number of aromatic nitrogens is 2. The molecular formula is C10H16ClN3O4S. The smallest absolute Gasteiger partial charge is 0.324 e. The minimum Gasteiger partial charge on any atom is -0.480 e. The summed E-state index contributed by atoms with van der Waals surface area (Å²) in [6, 6.07) is 0. The molecule has 1 aromatic heterocycles. The predicted molar refractivity (Wildman–Crippen MR) is 69.5 cm³/mol. The van der Waals surface area contributed by atoms with E-state index in [0.717, 1.165) is 8.99 Å². The summed E-state index contributed by atoms with van der Waals surface area (Å²) < 4.78 is 27.1. The van der Waals surface area contributed by atoms with Crippen molar-refractivity contribution in [2.75, 3.05) is 6.54 Å². The van der Waals surface area contributed by atoms with Gasteiger partial charge in [0.25, 0.3) is 10.0 Å². The molecule has 7 nitrogen and oxygen atoms in total. The second kappa shape index (κ2) is 5.10. The summed E-state index contributed by atoms with van der Waals surface area (Å²) in [6.45, 7) is 4.21. The molecular weight excluding hydrogens is 294 g/mol. The van der Waals surface area contributed by atoms with Gasteiger partial charge in [0.1, 0.15) is 5.54 Å². The number of halogens is 1. The summed E-state index contributed by atoms with van der Waals surface area (Å²) in [4.78, 5) is 11.2. The van der Waals surface area contributed by atoms with E-state index in [1.54, 1.807) is 6.92 Å². The lowest BCUT2D eigenvalue weighted by Gasteiger charge is -2.32. The van der Waals surface area contributed by atoms with Gasteiger partial charge in [-0.1, -0.05) is 18.5 Å². The van der Waals surface area contributed by atoms with Gasteiger partial charge >= 0.3 is 5.97 Å². The summed E-state index contributed by atoms with van der Waals surface area (Å²) in [5.74, 6) is -1.24. The molecule has 0 aliphatic carbocycles. The van der Waals surface area contributed by atoms with Gasteiger partial charge < -0.3 is 5.11 Å². The molecule has 0 aliphatic rings. The lowest BCUT2D eigenvalue weighted by molar-refractivity contribution is -0.146. The average Bonchev–Trinajstić information content (AvgIpc) is 2.58. The van der Waals surface area contributed by atoms with E-state index >= 15 is 0 Å². The molecule has 9 heteroatoms. The standard InChI is InChI=1S/C10H16ClN3O4S/c1-5-14(10(2,3)9(15)16)19(17,18)8-7(11)6-12-13(8)4/h6H,5H2,1-4H3,(H,15,16). The Kier molecular flexibility index (Phi) is 4.28. The maximum absolute atomic E-state index is 12.5. The SMILES string of the molecule is CCN(C(C)(C)C(=O)O)S(=O)(=O)c1c(Cl)cnn1C. The highest BCUT2D eigenvalue weighted by atomic mass is 35.5. The van der Waals surface area contributed by atoms with Crippen LogP contribution in [-0.2, 0) is 21.9 Å². The van der Waals surface area contributed by atoms with Crippen LogP contribution in [0.1, 0.15) is 20.8 Å². The molecule has 1 aromatic rings. The van der Waals surface area contributed by atoms with Crippen molar-refractivity contribution >= 4 is 27.6 Å². The van der Waals surface area contributed by atoms with Crippen molar-refractivity contribution < 1.29 is 18.3 Å². The predicted octanol–water partition coefficient (Wildman–Crippen LogP) is 0.947. The Hall–Kier alpha value is -1.12. The Morgan fingerprint density at radius 2 is 2.11 bits per heavy atom. The van der Waals surface area contributed by atoms with E-state index in [2.05, 4.69) is 5.10 Å². The second-order valence-corrected chi connectivity index (χ2v) is 6.64. The molecule has 1 heterocycles. The third-order valence-electron chi connectivity index (χ3n) is 2.81. The number of rotatable bonds is 5. The number of sulfonamides is 1. The zero-order valence-corrected chi connectivity index (χ0v) is 12.7. The van der Waals surface area contributed by atoms with Gasteiger partial charge in [-0.25, -0.2) is 8.42 Å². The molecule has 0 aliphatic heterocycles. The van der Waals surface area contributed by atoms with E-state index < -0.39 is 21.5 Å². The van der Waals surface area contributed by atoms with E-state index in [1.807, 2.05) is 0 Å². The molecule has 108 valence electrons. The number of likely N-dealkylation sites (N-methyl/N-ethyl adjacent to an activating group) is 1. The van der Waals surface area contributed by atoms with E-state index in [9.17, 15) is 18.3 Å². The Morgan fingerprint density at radius 3 is 2.42 bits per heavy atom. The molecule has 1 N–H and O–H groups in total. The fourth-order valence-corrected chi connectivity index (χ4v) is 4.13. The summed E-state index contributed by atoms with van der Waals surface area (Å²) in [5, 5.41) is 12.7. The van der Waals surface area contributed by atoms with Crippen molar-refractivity contribution in [2.45, 2.75) is 31.3 Å². The van der Waals surface area contributed by atoms with Gasteiger partial charge in [0, 0.05) is 13.6 Å². The average molecular weight is 310 g/mol. The summed E-state index contributed by atoms with van der Waals surface area (Å²) >= 11 is 5.82. The van der Waals surface area contributed by atoms with Crippen molar-refractivity contribution in [3.63, 3.8) is 0 Å². The summed E-state index contributed by atoms with van der Waals surface area (Å²) in [7, 11) is -2.62. The van der Waals surface area contributed by atoms with Crippen LogP contribution in [0.15, 0.2) is 11.2 Å². The molecule has 1 rings (SSSR count). The highest BCUT2D eigenvalue weighted by Gasteiger charge is 2.43. The van der Waals surface area contributed by atoms with Crippen molar-refractivity contribution in [1.82, 2.24) is 14.1 Å². The van der Waals surface area contributed by atoms with Gasteiger partial charge in [0.05, 0.1) is 11.2 Å². The molecule has 0 fully saturated rings. The molecule has 0 spiro atoms. The molecule has 0 bridgehead atoms. The van der Waals surface area contributed by atoms with Gasteiger partial charge in [0.15, 0.2) is 5.03 Å². The van der Waals surface area contributed by atoms with Crippen LogP contribution in [0.4, 0.5) is 0 Å². The summed E-state index contributed by atoms with van der Waals surface area (Å²) in [5.41, 5.74) is -1.58. The van der Waals surface area contributed by atoms with E-state index in [-0.39, 0.29) is 16.6 Å². The first-order chi connectivity index (χ1) is 8.56. The molecule has 0 saturated heterocycles. The zero-order chi connectivity index (χ0) is 15.0. The minimum absolute atomic E-state index is 0.00312. The quantitative estimate of drug-likeness (QED) is 0.874. The molecule has 0 atom stereocenters. The first-order valence-electron chi connectivity index (χ1n) is 5.50. The zero-order valence-electron chi connectivity index (χ0n) is 11.1. The first kappa shape index (κ1) is 15.9. The number of hydrogen-bond acceptors (Lipinski definition) is 4. The highest BCUT2D eigenvalue weighted by molar-refractivity contribution is 7.89. The van der Waals surface area contributed by atoms with E-state index in [1.165, 1.54) is 27.1 Å². The van der Waals surface area contributed by atoms with Crippen molar-refractivity contribution in [3.05, 3.63) is 11.2 Å². The largest absolute Gasteiger partial charge is 0.480 e. The number of carboxylic acid groups (broad SMARTS) is 1. The van der Waals surface area contributed by atoms with Crippen LogP contribution in [0, 0.1) is 0 Å². The Morgan fingerprint density at radius 1 is 1.58 bits per heavy atom. The Bertz CT molecular complexity index is 574. The van der Waals surface area contributed by atoms with Crippen LogP contribution in [-0.4, -0.2) is 45.7 Å². The maximum atomic E-state index is 12.5. The van der Waals surface area contributed by atoms with Crippen LogP contribution in [0.2, 0.25) is 5.02 Å². The number of carboxylic acids is 1. The fraction of sp³-hybridized carbons (Fsp3) is 0.600. The van der Waals surface area contributed by atoms with Crippen LogP contribution < -0.4 is 0 Å². The minimum atomic E-state index is -4.05. The monoisotopic (exact) mass is 309 g/mol. The lowest BCUT2D eigenvalue weighted by Crippen LogP contribution is -2.53. The fourth-order valence-electron chi connectivity index (χ4n) is 1.77. The van der Waals surface area contributed by atoms with Gasteiger partial charge in [-0.2, -0.15) is 9.40 Å². The van der Waals surface area contributed by atoms with Crippen molar-refractivity contribution in [3.8, 4) is 0 Å². The number of aryl methyl sites for hydroxylation is 1. The van der Waals surface area contributed by atoms with E-state index in [4.69, 9.17) is 11.6 Å². The van der Waals surface area contributed by atoms with Crippen molar-refractivity contribution in [2.24, 2.45) is 7.05 Å². The normalized spacial score (nSPS) is 12.9. The van der Waals surface area contributed by atoms with Gasteiger partial charge in [-0.15, -0.1) is 0 Å². The van der Waals surface area contributed by atoms with Gasteiger partial charge in [-0.05, 0) is 13.8 Å². The van der Waals surface area contributed by atoms with Gasteiger partial charge in [0.2, 0.25) is 0 Å². The Labute approximate surface area is 116 Å². The number of carbonyl (C=O) groups is 1. The molecule has 0 unspecified atom stereocenters. The van der Waals surface area contributed by atoms with Gasteiger partial charge in [-0.3, -0.25) is 9.48 Å². The third kappa shape index (κ3) is 2.60. The third-order valence-corrected chi connectivity index (χ3v) is 5.47. The molecule has 19 heavy (non-hydrogen) atoms. The molecule has 0 amide bonds. The first-order valence-corrected chi connectivity index (χ1v) is 7.32. The molecule has 0 radical (unpaired) electrons. The van der Waals surface area contributed by atoms with E-state index in [0.29, 0.717) is 0 Å². The Balaban J connectivity index is 3.45. The molecule has 0 saturated carbocycles. The van der Waals surface area contributed by atoms with Crippen LogP contribution in [0.3, 0.4) is 0 Å². The lowest BCUT2D eigenvalue weighted by atomic mass is 10.1. The number of aliphatic carboxylic acids is 1. The maximum Gasteiger partial charge on any atom is 0.324 e. The van der Waals surface area contributed by atoms with Crippen LogP contribution in [0.5, 0.6) is 0 Å². The molecule has 0 aromatic carbocycles. The van der Waals surface area contributed by atoms with Crippen LogP contribution >= 0.6 is 11.6 Å². The summed E-state index contributed by atoms with van der Waals surface area (Å²) in [6.07, 6.45) is 1.20. The number of nitrogens with zero attached hydrogens (tertiary/aromatic N) is 3. The van der Waals surface area contributed by atoms with Crippen molar-refractivity contribution in [1.29, 1.82) is 0 Å². The number of hydrogen-bond donors (Lipinski definition) is 1. The second-order valence-electron chi connectivity index (χ2n) is 4.46. The highest BCUT2D eigenvalue weighted by Crippen LogP contribution is 2.28. The van der Waals surface area contributed by atoms with Crippen LogP contribution in [0.25, 0.3) is 0 Å².